The largest absolute Gasteiger partial charge is 0.388 e. The average Bonchev–Trinajstić information content (AvgIpc) is 2.28. The lowest BCUT2D eigenvalue weighted by Gasteiger charge is -2.26. The number of nitrogens with zero attached hydrogens (tertiary/aromatic N) is 2. The molecule has 1 heterocycles. The van der Waals surface area contributed by atoms with Gasteiger partial charge in [0.25, 0.3) is 0 Å². The van der Waals surface area contributed by atoms with E-state index in [1.807, 2.05) is 6.92 Å². The van der Waals surface area contributed by atoms with Gasteiger partial charge in [-0.3, -0.25) is 0 Å². The Labute approximate surface area is 120 Å². The first kappa shape index (κ1) is 16.2. The molecule has 0 saturated carbocycles. The van der Waals surface area contributed by atoms with Crippen molar-refractivity contribution in [3.05, 3.63) is 17.0 Å². The quantitative estimate of drug-likeness (QED) is 0.755. The summed E-state index contributed by atoms with van der Waals surface area (Å²) in [7, 11) is 0. The van der Waals surface area contributed by atoms with Crippen molar-refractivity contribution in [1.82, 2.24) is 9.97 Å². The van der Waals surface area contributed by atoms with Crippen LogP contribution in [0.15, 0.2) is 6.33 Å². The van der Waals surface area contributed by atoms with Crippen molar-refractivity contribution >= 4 is 17.4 Å². The Morgan fingerprint density at radius 1 is 1.42 bits per heavy atom. The highest BCUT2D eigenvalue weighted by Gasteiger charge is 2.22. The molecule has 108 valence electrons. The number of anilines is 1. The molecule has 1 aromatic heterocycles. The number of rotatable bonds is 7. The molecule has 0 amide bonds. The summed E-state index contributed by atoms with van der Waals surface area (Å²) in [6.07, 6.45) is 3.99. The van der Waals surface area contributed by atoms with Gasteiger partial charge in [-0.15, -0.1) is 0 Å². The van der Waals surface area contributed by atoms with E-state index in [1.165, 1.54) is 6.33 Å². The highest BCUT2D eigenvalue weighted by atomic mass is 35.5. The van der Waals surface area contributed by atoms with Crippen LogP contribution in [0.5, 0.6) is 0 Å². The topological polar surface area (TPSA) is 58.0 Å². The van der Waals surface area contributed by atoms with Gasteiger partial charge in [-0.2, -0.15) is 0 Å². The van der Waals surface area contributed by atoms with Crippen molar-refractivity contribution in [2.75, 3.05) is 11.9 Å². The molecule has 2 N–H and O–H groups in total. The smallest absolute Gasteiger partial charge is 0.137 e. The molecule has 0 aromatic carbocycles. The molecule has 0 spiro atoms. The lowest BCUT2D eigenvalue weighted by Crippen LogP contribution is -2.35. The maximum absolute atomic E-state index is 10.3. The van der Waals surface area contributed by atoms with Crippen molar-refractivity contribution in [2.24, 2.45) is 5.92 Å². The third kappa shape index (κ3) is 5.33. The number of hydrogen-bond donors (Lipinski definition) is 2. The van der Waals surface area contributed by atoms with Gasteiger partial charge in [0.1, 0.15) is 17.3 Å². The van der Waals surface area contributed by atoms with Gasteiger partial charge >= 0.3 is 0 Å². The number of aliphatic hydroxyl groups is 1. The Balaban J connectivity index is 2.74. The number of halogens is 1. The normalized spacial score (nSPS) is 14.5. The van der Waals surface area contributed by atoms with E-state index in [-0.39, 0.29) is 0 Å². The zero-order chi connectivity index (χ0) is 14.5. The molecule has 4 nitrogen and oxygen atoms in total. The van der Waals surface area contributed by atoms with Crippen LogP contribution in [-0.2, 0) is 6.42 Å². The van der Waals surface area contributed by atoms with Crippen LogP contribution in [0, 0.1) is 5.92 Å². The fourth-order valence-electron chi connectivity index (χ4n) is 2.24. The van der Waals surface area contributed by atoms with E-state index in [9.17, 15) is 5.11 Å². The zero-order valence-electron chi connectivity index (χ0n) is 12.2. The van der Waals surface area contributed by atoms with Crippen molar-refractivity contribution in [3.8, 4) is 0 Å². The first-order valence-electron chi connectivity index (χ1n) is 6.81. The molecule has 1 atom stereocenters. The van der Waals surface area contributed by atoms with Crippen LogP contribution in [0.25, 0.3) is 0 Å². The average molecular weight is 286 g/mol. The minimum absolute atomic E-state index is 0.445. The summed E-state index contributed by atoms with van der Waals surface area (Å²) < 4.78 is 0. The maximum atomic E-state index is 10.3. The monoisotopic (exact) mass is 285 g/mol. The molecule has 0 bridgehead atoms. The summed E-state index contributed by atoms with van der Waals surface area (Å²) >= 11 is 6.09. The van der Waals surface area contributed by atoms with Crippen molar-refractivity contribution in [3.63, 3.8) is 0 Å². The van der Waals surface area contributed by atoms with E-state index in [0.717, 1.165) is 30.6 Å². The van der Waals surface area contributed by atoms with Crippen molar-refractivity contribution in [1.29, 1.82) is 0 Å². The summed E-state index contributed by atoms with van der Waals surface area (Å²) in [5.41, 5.74) is 0.168. The summed E-state index contributed by atoms with van der Waals surface area (Å²) in [6.45, 7) is 8.57. The summed E-state index contributed by atoms with van der Waals surface area (Å²) in [5.74, 6) is 1.17. The van der Waals surface area contributed by atoms with Crippen LogP contribution in [0.1, 0.15) is 46.1 Å². The summed E-state index contributed by atoms with van der Waals surface area (Å²) in [4.78, 5) is 8.23. The van der Waals surface area contributed by atoms with E-state index in [4.69, 9.17) is 11.6 Å². The second-order valence-electron chi connectivity index (χ2n) is 5.69. The van der Waals surface area contributed by atoms with Gasteiger partial charge in [-0.1, -0.05) is 38.8 Å². The van der Waals surface area contributed by atoms with Crippen LogP contribution in [-0.4, -0.2) is 27.2 Å². The first-order chi connectivity index (χ1) is 8.85. The van der Waals surface area contributed by atoms with Gasteiger partial charge in [0, 0.05) is 12.1 Å². The predicted molar refractivity (Wildman–Crippen MR) is 79.6 cm³/mol. The third-order valence-corrected chi connectivity index (χ3v) is 3.20. The van der Waals surface area contributed by atoms with Crippen molar-refractivity contribution in [2.45, 2.75) is 52.6 Å². The second-order valence-corrected chi connectivity index (χ2v) is 6.05. The van der Waals surface area contributed by atoms with Gasteiger partial charge in [0.05, 0.1) is 5.60 Å². The maximum Gasteiger partial charge on any atom is 0.137 e. The standard InChI is InChI=1S/C14H24ClN3O/c1-5-6-11-12(15)17-9-18-13(11)16-8-14(4,19)7-10(2)3/h9-10,19H,5-8H2,1-4H3,(H,16,17,18). The second kappa shape index (κ2) is 7.06. The molecule has 1 unspecified atom stereocenters. The molecule has 19 heavy (non-hydrogen) atoms. The Bertz CT molecular complexity index is 408. The highest BCUT2D eigenvalue weighted by Crippen LogP contribution is 2.23. The third-order valence-electron chi connectivity index (χ3n) is 2.88. The Morgan fingerprint density at radius 3 is 2.68 bits per heavy atom. The molecule has 0 aliphatic heterocycles. The Hall–Kier alpha value is -0.870. The van der Waals surface area contributed by atoms with Crippen molar-refractivity contribution < 1.29 is 5.11 Å². The SMILES string of the molecule is CCCc1c(Cl)ncnc1NCC(C)(O)CC(C)C. The van der Waals surface area contributed by atoms with Crippen LogP contribution >= 0.6 is 11.6 Å². The van der Waals surface area contributed by atoms with Crippen LogP contribution in [0.2, 0.25) is 5.15 Å². The fraction of sp³-hybridized carbons (Fsp3) is 0.714. The molecule has 5 heteroatoms. The minimum atomic E-state index is -0.755. The summed E-state index contributed by atoms with van der Waals surface area (Å²) in [6, 6.07) is 0. The van der Waals surface area contributed by atoms with Gasteiger partial charge < -0.3 is 10.4 Å². The van der Waals surface area contributed by atoms with E-state index in [2.05, 4.69) is 36.1 Å². The van der Waals surface area contributed by atoms with E-state index in [1.54, 1.807) is 0 Å². The Kier molecular flexibility index (Phi) is 6.01. The highest BCUT2D eigenvalue weighted by molar-refractivity contribution is 6.30. The van der Waals surface area contributed by atoms with Gasteiger partial charge in [0.2, 0.25) is 0 Å². The van der Waals surface area contributed by atoms with Crippen LogP contribution in [0.3, 0.4) is 0 Å². The predicted octanol–water partition coefficient (Wildman–Crippen LogP) is 3.29. The Morgan fingerprint density at radius 2 is 2.11 bits per heavy atom. The molecule has 0 radical (unpaired) electrons. The lowest BCUT2D eigenvalue weighted by molar-refractivity contribution is 0.0514. The van der Waals surface area contributed by atoms with E-state index < -0.39 is 5.60 Å². The minimum Gasteiger partial charge on any atom is -0.388 e. The molecular weight excluding hydrogens is 262 g/mol. The van der Waals surface area contributed by atoms with E-state index >= 15 is 0 Å². The molecule has 0 fully saturated rings. The van der Waals surface area contributed by atoms with Crippen LogP contribution < -0.4 is 5.32 Å². The number of nitrogens with one attached hydrogen (secondary N) is 1. The number of aromatic nitrogens is 2. The summed E-state index contributed by atoms with van der Waals surface area (Å²) in [5, 5.41) is 14.0. The number of hydrogen-bond acceptors (Lipinski definition) is 4. The van der Waals surface area contributed by atoms with Gasteiger partial charge in [0.15, 0.2) is 0 Å². The first-order valence-corrected chi connectivity index (χ1v) is 7.19. The molecule has 0 saturated heterocycles. The zero-order valence-corrected chi connectivity index (χ0v) is 13.0. The molecule has 0 aliphatic rings. The fourth-order valence-corrected chi connectivity index (χ4v) is 2.47. The van der Waals surface area contributed by atoms with Crippen LogP contribution in [0.4, 0.5) is 5.82 Å². The molecular formula is C14H24ClN3O. The van der Waals surface area contributed by atoms with Gasteiger partial charge in [-0.05, 0) is 25.7 Å². The molecule has 1 aromatic rings. The lowest BCUT2D eigenvalue weighted by atomic mass is 9.94. The molecule has 0 aliphatic carbocycles. The van der Waals surface area contributed by atoms with E-state index in [0.29, 0.717) is 17.6 Å². The molecule has 1 rings (SSSR count). The van der Waals surface area contributed by atoms with Gasteiger partial charge in [-0.25, -0.2) is 9.97 Å².